The standard InChI is InChI=1S/C13H18N4S2/c1-2-7-16-12(14-15-13(16)18)17(10-5-6-10)9-11-4-3-8-19-11/h3-4,8,10H,2,5-7,9H2,1H3,(H,15,18). The minimum atomic E-state index is 0.628. The van der Waals surface area contributed by atoms with E-state index in [1.54, 1.807) is 11.3 Å². The first-order chi connectivity index (χ1) is 9.29. The minimum Gasteiger partial charge on any atom is -0.333 e. The molecule has 2 aromatic heterocycles. The van der Waals surface area contributed by atoms with Crippen LogP contribution in [0.25, 0.3) is 0 Å². The van der Waals surface area contributed by atoms with Crippen LogP contribution in [0.4, 0.5) is 5.95 Å². The molecule has 1 N–H and O–H groups in total. The Bertz CT molecular complexity index is 580. The number of aromatic nitrogens is 3. The van der Waals surface area contributed by atoms with Crippen molar-refractivity contribution in [1.82, 2.24) is 14.8 Å². The fourth-order valence-corrected chi connectivity index (χ4v) is 3.19. The maximum atomic E-state index is 5.33. The van der Waals surface area contributed by atoms with Crippen LogP contribution in [-0.4, -0.2) is 20.8 Å². The molecule has 19 heavy (non-hydrogen) atoms. The van der Waals surface area contributed by atoms with Crippen LogP contribution < -0.4 is 4.90 Å². The highest BCUT2D eigenvalue weighted by atomic mass is 32.1. The molecule has 0 bridgehead atoms. The molecule has 0 radical (unpaired) electrons. The normalized spacial score (nSPS) is 14.8. The predicted octanol–water partition coefficient (Wildman–Crippen LogP) is 3.58. The third kappa shape index (κ3) is 2.74. The largest absolute Gasteiger partial charge is 0.333 e. The number of aromatic amines is 1. The summed E-state index contributed by atoms with van der Waals surface area (Å²) in [6, 6.07) is 4.92. The lowest BCUT2D eigenvalue weighted by atomic mass is 10.4. The van der Waals surface area contributed by atoms with Gasteiger partial charge in [-0.3, -0.25) is 4.57 Å². The van der Waals surface area contributed by atoms with Crippen LogP contribution in [0.5, 0.6) is 0 Å². The van der Waals surface area contributed by atoms with Gasteiger partial charge in [0, 0.05) is 17.5 Å². The summed E-state index contributed by atoms with van der Waals surface area (Å²) in [7, 11) is 0. The quantitative estimate of drug-likeness (QED) is 0.827. The monoisotopic (exact) mass is 294 g/mol. The van der Waals surface area contributed by atoms with E-state index in [2.05, 4.69) is 44.1 Å². The Morgan fingerprint density at radius 2 is 2.42 bits per heavy atom. The highest BCUT2D eigenvalue weighted by molar-refractivity contribution is 7.71. The van der Waals surface area contributed by atoms with Gasteiger partial charge in [0.15, 0.2) is 4.77 Å². The average molecular weight is 294 g/mol. The Labute approximate surface area is 122 Å². The smallest absolute Gasteiger partial charge is 0.226 e. The van der Waals surface area contributed by atoms with E-state index < -0.39 is 0 Å². The summed E-state index contributed by atoms with van der Waals surface area (Å²) >= 11 is 7.14. The summed E-state index contributed by atoms with van der Waals surface area (Å²) in [4.78, 5) is 3.78. The van der Waals surface area contributed by atoms with Gasteiger partial charge in [-0.05, 0) is 42.9 Å². The molecule has 6 heteroatoms. The topological polar surface area (TPSA) is 36.9 Å². The van der Waals surface area contributed by atoms with Crippen LogP contribution in [0.15, 0.2) is 17.5 Å². The lowest BCUT2D eigenvalue weighted by molar-refractivity contribution is 0.638. The van der Waals surface area contributed by atoms with Gasteiger partial charge < -0.3 is 4.90 Å². The second-order valence-corrected chi connectivity index (χ2v) is 6.34. The highest BCUT2D eigenvalue weighted by Crippen LogP contribution is 2.32. The molecule has 1 aliphatic carbocycles. The van der Waals surface area contributed by atoms with Crippen LogP contribution in [0.3, 0.4) is 0 Å². The molecule has 1 saturated carbocycles. The van der Waals surface area contributed by atoms with E-state index in [4.69, 9.17) is 12.2 Å². The van der Waals surface area contributed by atoms with E-state index in [0.29, 0.717) is 6.04 Å². The Hall–Kier alpha value is -1.14. The zero-order valence-electron chi connectivity index (χ0n) is 11.0. The van der Waals surface area contributed by atoms with Crippen molar-refractivity contribution in [2.45, 2.75) is 45.3 Å². The lowest BCUT2D eigenvalue weighted by Crippen LogP contribution is -2.28. The molecule has 0 aromatic carbocycles. The van der Waals surface area contributed by atoms with Crippen molar-refractivity contribution in [1.29, 1.82) is 0 Å². The SMILES string of the molecule is CCCn1c(N(Cc2cccs2)C2CC2)n[nH]c1=S. The van der Waals surface area contributed by atoms with Crippen molar-refractivity contribution >= 4 is 29.5 Å². The Balaban J connectivity index is 1.89. The summed E-state index contributed by atoms with van der Waals surface area (Å²) in [5.41, 5.74) is 0. The molecule has 0 saturated heterocycles. The summed E-state index contributed by atoms with van der Waals surface area (Å²) in [6.07, 6.45) is 3.59. The molecular weight excluding hydrogens is 276 g/mol. The van der Waals surface area contributed by atoms with Crippen LogP contribution in [0.2, 0.25) is 0 Å². The molecule has 102 valence electrons. The van der Waals surface area contributed by atoms with Crippen molar-refractivity contribution < 1.29 is 0 Å². The molecule has 0 unspecified atom stereocenters. The number of hydrogen-bond acceptors (Lipinski definition) is 4. The van der Waals surface area contributed by atoms with Gasteiger partial charge in [-0.15, -0.1) is 16.4 Å². The maximum absolute atomic E-state index is 5.33. The summed E-state index contributed by atoms with van der Waals surface area (Å²) < 4.78 is 2.86. The number of nitrogens with zero attached hydrogens (tertiary/aromatic N) is 3. The Kier molecular flexibility index (Phi) is 3.70. The Morgan fingerprint density at radius 1 is 1.58 bits per heavy atom. The maximum Gasteiger partial charge on any atom is 0.226 e. The van der Waals surface area contributed by atoms with Gasteiger partial charge in [0.05, 0.1) is 6.54 Å². The van der Waals surface area contributed by atoms with Gasteiger partial charge in [0.25, 0.3) is 0 Å². The minimum absolute atomic E-state index is 0.628. The second-order valence-electron chi connectivity index (χ2n) is 4.92. The number of hydrogen-bond donors (Lipinski definition) is 1. The predicted molar refractivity (Wildman–Crippen MR) is 81.2 cm³/mol. The molecule has 0 aliphatic heterocycles. The van der Waals surface area contributed by atoms with Gasteiger partial charge in [0.2, 0.25) is 5.95 Å². The molecule has 1 fully saturated rings. The first-order valence-electron chi connectivity index (χ1n) is 6.74. The number of nitrogens with one attached hydrogen (secondary N) is 1. The zero-order chi connectivity index (χ0) is 13.2. The van der Waals surface area contributed by atoms with Crippen LogP contribution in [-0.2, 0) is 13.1 Å². The average Bonchev–Trinajstić information content (AvgIpc) is 3.01. The number of anilines is 1. The number of thiophene rings is 1. The van der Waals surface area contributed by atoms with E-state index in [1.807, 2.05) is 0 Å². The second kappa shape index (κ2) is 5.46. The molecule has 1 aliphatic rings. The lowest BCUT2D eigenvalue weighted by Gasteiger charge is -2.23. The fourth-order valence-electron chi connectivity index (χ4n) is 2.27. The number of rotatable bonds is 6. The van der Waals surface area contributed by atoms with E-state index in [-0.39, 0.29) is 0 Å². The van der Waals surface area contributed by atoms with Crippen molar-refractivity contribution in [3.8, 4) is 0 Å². The summed E-state index contributed by atoms with van der Waals surface area (Å²) in [5.74, 6) is 1.00. The molecule has 0 spiro atoms. The van der Waals surface area contributed by atoms with E-state index in [1.165, 1.54) is 17.7 Å². The van der Waals surface area contributed by atoms with Crippen molar-refractivity contribution in [3.05, 3.63) is 27.2 Å². The van der Waals surface area contributed by atoms with Gasteiger partial charge in [-0.2, -0.15) is 0 Å². The Morgan fingerprint density at radius 3 is 3.05 bits per heavy atom. The molecular formula is C13H18N4S2. The summed E-state index contributed by atoms with van der Waals surface area (Å²) in [6.45, 7) is 4.03. The first-order valence-corrected chi connectivity index (χ1v) is 8.02. The molecule has 2 heterocycles. The fraction of sp³-hybridized carbons (Fsp3) is 0.538. The molecule has 0 atom stereocenters. The van der Waals surface area contributed by atoms with Gasteiger partial charge in [-0.1, -0.05) is 13.0 Å². The summed E-state index contributed by atoms with van der Waals surface area (Å²) in [5, 5.41) is 9.52. The van der Waals surface area contributed by atoms with Crippen LogP contribution in [0.1, 0.15) is 31.1 Å². The molecule has 4 nitrogen and oxygen atoms in total. The third-order valence-corrected chi connectivity index (χ3v) is 4.51. The van der Waals surface area contributed by atoms with E-state index in [9.17, 15) is 0 Å². The highest BCUT2D eigenvalue weighted by Gasteiger charge is 2.32. The third-order valence-electron chi connectivity index (χ3n) is 3.34. The first kappa shape index (κ1) is 12.9. The van der Waals surface area contributed by atoms with Crippen LogP contribution >= 0.6 is 23.6 Å². The van der Waals surface area contributed by atoms with E-state index >= 15 is 0 Å². The van der Waals surface area contributed by atoms with Crippen LogP contribution in [0, 0.1) is 4.77 Å². The number of H-pyrrole nitrogens is 1. The van der Waals surface area contributed by atoms with Gasteiger partial charge in [-0.25, -0.2) is 5.10 Å². The van der Waals surface area contributed by atoms with Crippen molar-refractivity contribution in [2.75, 3.05) is 4.90 Å². The van der Waals surface area contributed by atoms with Gasteiger partial charge >= 0.3 is 0 Å². The van der Waals surface area contributed by atoms with Gasteiger partial charge in [0.1, 0.15) is 0 Å². The molecule has 3 rings (SSSR count). The zero-order valence-corrected chi connectivity index (χ0v) is 12.6. The van der Waals surface area contributed by atoms with E-state index in [0.717, 1.165) is 30.2 Å². The van der Waals surface area contributed by atoms with Crippen molar-refractivity contribution in [2.24, 2.45) is 0 Å². The molecule has 2 aromatic rings. The van der Waals surface area contributed by atoms with Crippen molar-refractivity contribution in [3.63, 3.8) is 0 Å². The molecule has 0 amide bonds.